The Balaban J connectivity index is 2.02. The van der Waals surface area contributed by atoms with Crippen LogP contribution in [0.3, 0.4) is 0 Å². The Kier molecular flexibility index (Phi) is 6.20. The summed E-state index contributed by atoms with van der Waals surface area (Å²) < 4.78 is 29.4. The molecule has 0 fully saturated rings. The Labute approximate surface area is 189 Å². The molecule has 0 radical (unpaired) electrons. The summed E-state index contributed by atoms with van der Waals surface area (Å²) in [4.78, 5) is 17.5. The highest BCUT2D eigenvalue weighted by Crippen LogP contribution is 2.24. The molecule has 0 saturated carbocycles. The summed E-state index contributed by atoms with van der Waals surface area (Å²) >= 11 is 0. The lowest BCUT2D eigenvalue weighted by atomic mass is 9.93. The molecule has 0 spiro atoms. The first-order chi connectivity index (χ1) is 14.8. The van der Waals surface area contributed by atoms with E-state index in [1.807, 2.05) is 47.7 Å². The van der Waals surface area contributed by atoms with Crippen LogP contribution in [0.25, 0.3) is 0 Å². The minimum absolute atomic E-state index is 0.0433. The van der Waals surface area contributed by atoms with Crippen molar-refractivity contribution in [3.63, 3.8) is 0 Å². The predicted octanol–water partition coefficient (Wildman–Crippen LogP) is 3.86. The smallest absolute Gasteiger partial charge is 0.301 e. The lowest BCUT2D eigenvalue weighted by Gasteiger charge is -2.15. The van der Waals surface area contributed by atoms with Crippen LogP contribution in [0.5, 0.6) is 0 Å². The molecular formula is C24H30N4O3S. The number of rotatable bonds is 5. The second kappa shape index (κ2) is 8.43. The molecule has 3 rings (SSSR count). The van der Waals surface area contributed by atoms with Crippen molar-refractivity contribution < 1.29 is 13.2 Å². The number of aryl methyl sites for hydroxylation is 3. The number of nitrogens with two attached hydrogens (primary N) is 1. The van der Waals surface area contributed by atoms with Crippen LogP contribution < -0.4 is 10.5 Å². The number of sulfonamides is 1. The summed E-state index contributed by atoms with van der Waals surface area (Å²) in [5.74, 6) is -0.743. The van der Waals surface area contributed by atoms with Gasteiger partial charge in [0, 0.05) is 23.8 Å². The molecular weight excluding hydrogens is 424 g/mol. The van der Waals surface area contributed by atoms with Gasteiger partial charge in [0.2, 0.25) is 5.82 Å². The van der Waals surface area contributed by atoms with Crippen molar-refractivity contribution in [2.45, 2.75) is 58.4 Å². The average molecular weight is 455 g/mol. The van der Waals surface area contributed by atoms with Gasteiger partial charge in [-0.1, -0.05) is 44.5 Å². The maximum absolute atomic E-state index is 13.1. The molecule has 0 aliphatic heterocycles. The van der Waals surface area contributed by atoms with Crippen molar-refractivity contribution in [1.29, 1.82) is 0 Å². The molecule has 0 atom stereocenters. The summed E-state index contributed by atoms with van der Waals surface area (Å²) in [7, 11) is -4.10. The second-order valence-electron chi connectivity index (χ2n) is 9.21. The van der Waals surface area contributed by atoms with E-state index >= 15 is 0 Å². The van der Waals surface area contributed by atoms with E-state index < -0.39 is 15.9 Å². The van der Waals surface area contributed by atoms with E-state index in [1.165, 1.54) is 18.2 Å². The van der Waals surface area contributed by atoms with Crippen molar-refractivity contribution in [3.8, 4) is 0 Å². The van der Waals surface area contributed by atoms with Crippen molar-refractivity contribution in [2.75, 3.05) is 5.73 Å². The number of nitrogen functional groups attached to an aromatic ring is 1. The van der Waals surface area contributed by atoms with Crippen LogP contribution in [0.1, 0.15) is 59.3 Å². The van der Waals surface area contributed by atoms with Crippen molar-refractivity contribution in [2.24, 2.45) is 0 Å². The normalized spacial score (nSPS) is 12.1. The maximum Gasteiger partial charge on any atom is 0.301 e. The van der Waals surface area contributed by atoms with Gasteiger partial charge in [0.05, 0.1) is 10.6 Å². The molecule has 1 aromatic heterocycles. The standard InChI is InChI=1S/C24H30N4O3S/c1-15-10-16(2)20(17(3)11-15)13-28-14-21(24(4,5)6)26-22(28)23(29)27-32(30,31)19-9-7-8-18(25)12-19/h7-12,14H,13,25H2,1-6H3,(H,27,29). The zero-order chi connectivity index (χ0) is 23.8. The van der Waals surface area contributed by atoms with Crippen molar-refractivity contribution >= 4 is 21.6 Å². The molecule has 32 heavy (non-hydrogen) atoms. The van der Waals surface area contributed by atoms with E-state index in [2.05, 4.69) is 21.8 Å². The summed E-state index contributed by atoms with van der Waals surface area (Å²) in [6.07, 6.45) is 1.82. The van der Waals surface area contributed by atoms with E-state index in [1.54, 1.807) is 10.6 Å². The molecule has 170 valence electrons. The summed E-state index contributed by atoms with van der Waals surface area (Å²) in [6, 6.07) is 9.98. The van der Waals surface area contributed by atoms with E-state index in [4.69, 9.17) is 5.73 Å². The fourth-order valence-corrected chi connectivity index (χ4v) is 4.62. The average Bonchev–Trinajstić information content (AvgIpc) is 3.09. The summed E-state index contributed by atoms with van der Waals surface area (Å²) in [5, 5.41) is 0. The van der Waals surface area contributed by atoms with Crippen LogP contribution in [0, 0.1) is 20.8 Å². The summed E-state index contributed by atoms with van der Waals surface area (Å²) in [5.41, 5.74) is 10.8. The quantitative estimate of drug-likeness (QED) is 0.570. The number of imidazole rings is 1. The second-order valence-corrected chi connectivity index (χ2v) is 10.9. The molecule has 3 N–H and O–H groups in total. The number of carbonyl (C=O) groups excluding carboxylic acids is 1. The third kappa shape index (κ3) is 5.02. The first-order valence-corrected chi connectivity index (χ1v) is 11.8. The van der Waals surface area contributed by atoms with Crippen LogP contribution in [-0.4, -0.2) is 23.9 Å². The zero-order valence-electron chi connectivity index (χ0n) is 19.4. The Hall–Kier alpha value is -3.13. The Morgan fingerprint density at radius 1 is 1.09 bits per heavy atom. The zero-order valence-corrected chi connectivity index (χ0v) is 20.2. The molecule has 0 saturated heterocycles. The van der Waals surface area contributed by atoms with Crippen LogP contribution in [-0.2, 0) is 22.0 Å². The fourth-order valence-electron chi connectivity index (χ4n) is 3.62. The van der Waals surface area contributed by atoms with Crippen LogP contribution >= 0.6 is 0 Å². The number of nitrogens with zero attached hydrogens (tertiary/aromatic N) is 2. The number of benzene rings is 2. The minimum Gasteiger partial charge on any atom is -0.399 e. The van der Waals surface area contributed by atoms with E-state index in [-0.39, 0.29) is 16.1 Å². The molecule has 0 bridgehead atoms. The van der Waals surface area contributed by atoms with Gasteiger partial charge in [-0.2, -0.15) is 0 Å². The highest BCUT2D eigenvalue weighted by molar-refractivity contribution is 7.90. The highest BCUT2D eigenvalue weighted by Gasteiger charge is 2.27. The van der Waals surface area contributed by atoms with Gasteiger partial charge in [-0.15, -0.1) is 0 Å². The summed E-state index contributed by atoms with van der Waals surface area (Å²) in [6.45, 7) is 12.5. The number of hydrogen-bond donors (Lipinski definition) is 2. The SMILES string of the molecule is Cc1cc(C)c(Cn2cc(C(C)(C)C)nc2C(=O)NS(=O)(=O)c2cccc(N)c2)c(C)c1. The van der Waals surface area contributed by atoms with E-state index in [0.717, 1.165) is 22.3 Å². The van der Waals surface area contributed by atoms with Gasteiger partial charge in [-0.05, 0) is 55.7 Å². The van der Waals surface area contributed by atoms with Crippen LogP contribution in [0.4, 0.5) is 5.69 Å². The Bertz CT molecular complexity index is 1260. The van der Waals surface area contributed by atoms with Gasteiger partial charge >= 0.3 is 5.91 Å². The molecule has 3 aromatic rings. The third-order valence-corrected chi connectivity index (χ3v) is 6.64. The van der Waals surface area contributed by atoms with Gasteiger partial charge in [0.25, 0.3) is 10.0 Å². The predicted molar refractivity (Wildman–Crippen MR) is 126 cm³/mol. The van der Waals surface area contributed by atoms with Crippen LogP contribution in [0.2, 0.25) is 0 Å². The number of amides is 1. The molecule has 0 unspecified atom stereocenters. The van der Waals surface area contributed by atoms with Gasteiger partial charge < -0.3 is 10.3 Å². The first-order valence-electron chi connectivity index (χ1n) is 10.3. The molecule has 1 amide bonds. The molecule has 8 heteroatoms. The molecule has 1 heterocycles. The number of aromatic nitrogens is 2. The molecule has 0 aliphatic carbocycles. The van der Waals surface area contributed by atoms with E-state index in [0.29, 0.717) is 17.9 Å². The van der Waals surface area contributed by atoms with Crippen molar-refractivity contribution in [1.82, 2.24) is 14.3 Å². The number of nitrogens with one attached hydrogen (secondary N) is 1. The third-order valence-electron chi connectivity index (χ3n) is 5.31. The number of carbonyl (C=O) groups is 1. The number of hydrogen-bond acceptors (Lipinski definition) is 5. The first kappa shape index (κ1) is 23.5. The largest absolute Gasteiger partial charge is 0.399 e. The lowest BCUT2D eigenvalue weighted by molar-refractivity contribution is 0.0967. The topological polar surface area (TPSA) is 107 Å². The van der Waals surface area contributed by atoms with Crippen LogP contribution in [0.15, 0.2) is 47.5 Å². The van der Waals surface area contributed by atoms with Gasteiger partial charge in [-0.25, -0.2) is 18.1 Å². The Morgan fingerprint density at radius 2 is 1.72 bits per heavy atom. The number of anilines is 1. The van der Waals surface area contributed by atoms with Gasteiger partial charge in [-0.3, -0.25) is 4.79 Å². The minimum atomic E-state index is -4.10. The van der Waals surface area contributed by atoms with E-state index in [9.17, 15) is 13.2 Å². The van der Waals surface area contributed by atoms with Gasteiger partial charge in [0.1, 0.15) is 0 Å². The lowest BCUT2D eigenvalue weighted by Crippen LogP contribution is -2.33. The molecule has 7 nitrogen and oxygen atoms in total. The fraction of sp³-hybridized carbons (Fsp3) is 0.333. The molecule has 0 aliphatic rings. The maximum atomic E-state index is 13.1. The highest BCUT2D eigenvalue weighted by atomic mass is 32.2. The molecule has 2 aromatic carbocycles. The monoisotopic (exact) mass is 454 g/mol. The van der Waals surface area contributed by atoms with Gasteiger partial charge in [0.15, 0.2) is 0 Å². The Morgan fingerprint density at radius 3 is 2.28 bits per heavy atom. The van der Waals surface area contributed by atoms with Crippen molar-refractivity contribution in [3.05, 3.63) is 76.4 Å².